The van der Waals surface area contributed by atoms with E-state index in [2.05, 4.69) is 0 Å². The quantitative estimate of drug-likeness (QED) is 0.439. The van der Waals surface area contributed by atoms with E-state index in [9.17, 15) is 10.1 Å². The first-order valence-corrected chi connectivity index (χ1v) is 6.53. The Labute approximate surface area is 116 Å². The number of alkyl halides is 2. The van der Waals surface area contributed by atoms with E-state index < -0.39 is 4.92 Å². The molecule has 1 aromatic carbocycles. The highest BCUT2D eigenvalue weighted by atomic mass is 35.5. The van der Waals surface area contributed by atoms with E-state index >= 15 is 0 Å². The summed E-state index contributed by atoms with van der Waals surface area (Å²) in [5.74, 6) is 1.06. The Morgan fingerprint density at radius 2 is 1.72 bits per heavy atom. The van der Waals surface area contributed by atoms with E-state index in [-0.39, 0.29) is 5.69 Å². The summed E-state index contributed by atoms with van der Waals surface area (Å²) in [5.41, 5.74) is 0.986. The van der Waals surface area contributed by atoms with Crippen LogP contribution in [0.4, 0.5) is 5.69 Å². The summed E-state index contributed by atoms with van der Waals surface area (Å²) in [7, 11) is 0. The van der Waals surface area contributed by atoms with Crippen molar-refractivity contribution >= 4 is 35.0 Å². The summed E-state index contributed by atoms with van der Waals surface area (Å²) >= 11 is 11.4. The molecule has 0 amide bonds. The number of nitro groups is 1. The molecule has 4 nitrogen and oxygen atoms in total. The lowest BCUT2D eigenvalue weighted by Crippen LogP contribution is -2.21. The average Bonchev–Trinajstić information content (AvgIpc) is 2.37. The molecule has 18 heavy (non-hydrogen) atoms. The van der Waals surface area contributed by atoms with Crippen LogP contribution in [0.1, 0.15) is 5.56 Å². The van der Waals surface area contributed by atoms with Crippen LogP contribution in [0.25, 0.3) is 6.08 Å². The number of halogens is 2. The molecule has 0 spiro atoms. The molecule has 0 atom stereocenters. The van der Waals surface area contributed by atoms with Crippen LogP contribution in [0, 0.1) is 10.1 Å². The van der Waals surface area contributed by atoms with Crippen molar-refractivity contribution in [3.05, 3.63) is 46.1 Å². The molecule has 6 heteroatoms. The molecule has 0 aromatic heterocycles. The molecule has 0 N–H and O–H groups in total. The van der Waals surface area contributed by atoms with E-state index in [0.717, 1.165) is 18.7 Å². The zero-order chi connectivity index (χ0) is 13.4. The third kappa shape index (κ3) is 4.94. The standard InChI is InChI=1S/C12H14Cl2N2O2/c13-6-9-15(10-7-14)8-5-11-1-3-12(4-2-11)16(17)18/h1-5,8H,6-7,9-10H2/b8-5+. The Bertz CT molecular complexity index is 401. The van der Waals surface area contributed by atoms with Gasteiger partial charge in [-0.05, 0) is 30.0 Å². The number of hydrogen-bond acceptors (Lipinski definition) is 3. The number of hydrogen-bond donors (Lipinski definition) is 0. The summed E-state index contributed by atoms with van der Waals surface area (Å²) in [4.78, 5) is 12.1. The number of nitro benzene ring substituents is 1. The van der Waals surface area contributed by atoms with Crippen LogP contribution in [-0.2, 0) is 0 Å². The summed E-state index contributed by atoms with van der Waals surface area (Å²) in [6.07, 6.45) is 3.77. The molecule has 0 aliphatic carbocycles. The second kappa shape index (κ2) is 7.95. The van der Waals surface area contributed by atoms with Crippen LogP contribution in [0.3, 0.4) is 0 Å². The van der Waals surface area contributed by atoms with Crippen LogP contribution >= 0.6 is 23.2 Å². The number of nitrogens with zero attached hydrogens (tertiary/aromatic N) is 2. The largest absolute Gasteiger partial charge is 0.375 e. The van der Waals surface area contributed by atoms with Crippen molar-refractivity contribution < 1.29 is 4.92 Å². The Morgan fingerprint density at radius 1 is 1.17 bits per heavy atom. The number of rotatable bonds is 7. The van der Waals surface area contributed by atoms with E-state index in [4.69, 9.17) is 23.2 Å². The maximum atomic E-state index is 10.5. The topological polar surface area (TPSA) is 46.4 Å². The van der Waals surface area contributed by atoms with E-state index in [0.29, 0.717) is 11.8 Å². The Morgan fingerprint density at radius 3 is 2.17 bits per heavy atom. The highest BCUT2D eigenvalue weighted by molar-refractivity contribution is 6.18. The number of non-ortho nitro benzene ring substituents is 1. The third-order valence-corrected chi connectivity index (χ3v) is 2.66. The summed E-state index contributed by atoms with van der Waals surface area (Å²) in [6, 6.07) is 6.36. The fourth-order valence-corrected chi connectivity index (χ4v) is 1.81. The minimum atomic E-state index is -0.416. The van der Waals surface area contributed by atoms with Gasteiger partial charge in [-0.2, -0.15) is 0 Å². The maximum absolute atomic E-state index is 10.5. The molecule has 1 aromatic rings. The fraction of sp³-hybridized carbons (Fsp3) is 0.333. The highest BCUT2D eigenvalue weighted by Crippen LogP contribution is 2.13. The molecular weight excluding hydrogens is 275 g/mol. The van der Waals surface area contributed by atoms with Gasteiger partial charge in [0.15, 0.2) is 0 Å². The SMILES string of the molecule is O=[N+]([O-])c1ccc(/C=C/N(CCCl)CCCl)cc1. The first-order valence-electron chi connectivity index (χ1n) is 5.46. The normalized spacial score (nSPS) is 10.8. The van der Waals surface area contributed by atoms with Gasteiger partial charge in [0, 0.05) is 37.0 Å². The van der Waals surface area contributed by atoms with Gasteiger partial charge in [-0.25, -0.2) is 0 Å². The van der Waals surface area contributed by atoms with Crippen LogP contribution < -0.4 is 0 Å². The summed E-state index contributed by atoms with van der Waals surface area (Å²) in [6.45, 7) is 1.44. The van der Waals surface area contributed by atoms with Crippen molar-refractivity contribution in [3.8, 4) is 0 Å². The van der Waals surface area contributed by atoms with Crippen molar-refractivity contribution in [2.45, 2.75) is 0 Å². The third-order valence-electron chi connectivity index (χ3n) is 2.33. The monoisotopic (exact) mass is 288 g/mol. The van der Waals surface area contributed by atoms with Gasteiger partial charge in [0.25, 0.3) is 5.69 Å². The van der Waals surface area contributed by atoms with Crippen molar-refractivity contribution in [1.82, 2.24) is 4.90 Å². The first kappa shape index (κ1) is 14.8. The van der Waals surface area contributed by atoms with Gasteiger partial charge in [-0.3, -0.25) is 10.1 Å². The molecular formula is C12H14Cl2N2O2. The molecule has 1 rings (SSSR count). The molecule has 0 radical (unpaired) electrons. The first-order chi connectivity index (χ1) is 8.67. The Hall–Kier alpha value is -1.26. The van der Waals surface area contributed by atoms with Crippen LogP contribution in [0.5, 0.6) is 0 Å². The zero-order valence-electron chi connectivity index (χ0n) is 9.76. The van der Waals surface area contributed by atoms with Gasteiger partial charge in [-0.1, -0.05) is 0 Å². The van der Waals surface area contributed by atoms with Gasteiger partial charge in [-0.15, -0.1) is 23.2 Å². The van der Waals surface area contributed by atoms with E-state index in [1.807, 2.05) is 17.2 Å². The number of benzene rings is 1. The average molecular weight is 289 g/mol. The molecule has 0 fully saturated rings. The van der Waals surface area contributed by atoms with Gasteiger partial charge in [0.1, 0.15) is 0 Å². The van der Waals surface area contributed by atoms with Crippen molar-refractivity contribution in [2.75, 3.05) is 24.8 Å². The predicted octanol–water partition coefficient (Wildman–Crippen LogP) is 3.35. The molecule has 0 saturated heterocycles. The smallest absolute Gasteiger partial charge is 0.269 e. The fourth-order valence-electron chi connectivity index (χ4n) is 1.38. The molecule has 0 bridgehead atoms. The lowest BCUT2D eigenvalue weighted by Gasteiger charge is -2.17. The minimum absolute atomic E-state index is 0.0884. The second-order valence-electron chi connectivity index (χ2n) is 3.58. The molecule has 0 unspecified atom stereocenters. The molecule has 98 valence electrons. The highest BCUT2D eigenvalue weighted by Gasteiger charge is 2.02. The molecule has 0 aliphatic heterocycles. The van der Waals surface area contributed by atoms with Crippen molar-refractivity contribution in [1.29, 1.82) is 0 Å². The van der Waals surface area contributed by atoms with Crippen LogP contribution in [-0.4, -0.2) is 34.7 Å². The van der Waals surface area contributed by atoms with E-state index in [1.165, 1.54) is 12.1 Å². The van der Waals surface area contributed by atoms with Gasteiger partial charge in [0.2, 0.25) is 0 Å². The lowest BCUT2D eigenvalue weighted by atomic mass is 10.2. The van der Waals surface area contributed by atoms with Gasteiger partial charge >= 0.3 is 0 Å². The maximum Gasteiger partial charge on any atom is 0.269 e. The molecule has 0 saturated carbocycles. The van der Waals surface area contributed by atoms with Gasteiger partial charge < -0.3 is 4.90 Å². The van der Waals surface area contributed by atoms with Crippen molar-refractivity contribution in [3.63, 3.8) is 0 Å². The second-order valence-corrected chi connectivity index (χ2v) is 4.33. The zero-order valence-corrected chi connectivity index (χ0v) is 11.3. The van der Waals surface area contributed by atoms with Crippen LogP contribution in [0.2, 0.25) is 0 Å². The Kier molecular flexibility index (Phi) is 6.54. The minimum Gasteiger partial charge on any atom is -0.375 e. The lowest BCUT2D eigenvalue weighted by molar-refractivity contribution is -0.384. The van der Waals surface area contributed by atoms with Crippen LogP contribution in [0.15, 0.2) is 30.5 Å². The molecule has 0 heterocycles. The van der Waals surface area contributed by atoms with Gasteiger partial charge in [0.05, 0.1) is 4.92 Å². The summed E-state index contributed by atoms with van der Waals surface area (Å²) < 4.78 is 0. The predicted molar refractivity (Wildman–Crippen MR) is 75.1 cm³/mol. The summed E-state index contributed by atoms with van der Waals surface area (Å²) in [5, 5.41) is 10.5. The Balaban J connectivity index is 2.67. The molecule has 0 aliphatic rings. The van der Waals surface area contributed by atoms with Crippen molar-refractivity contribution in [2.24, 2.45) is 0 Å². The van der Waals surface area contributed by atoms with E-state index in [1.54, 1.807) is 12.1 Å².